The van der Waals surface area contributed by atoms with Gasteiger partial charge in [-0.15, -0.1) is 0 Å². The Kier molecular flexibility index (Phi) is 3.85. The minimum Gasteiger partial charge on any atom is -0.479 e. The first kappa shape index (κ1) is 13.5. The second-order valence-corrected chi connectivity index (χ2v) is 4.71. The Morgan fingerprint density at radius 3 is 2.63 bits per heavy atom. The highest BCUT2D eigenvalue weighted by Gasteiger charge is 2.50. The van der Waals surface area contributed by atoms with Crippen molar-refractivity contribution >= 4 is 11.9 Å². The van der Waals surface area contributed by atoms with Gasteiger partial charge in [-0.05, 0) is 25.5 Å². The smallest absolute Gasteiger partial charge is 0.334 e. The summed E-state index contributed by atoms with van der Waals surface area (Å²) in [5.41, 5.74) is -0.542. The average Bonchev–Trinajstić information content (AvgIpc) is 2.86. The first-order chi connectivity index (χ1) is 9.13. The fraction of sp³-hybridized carbons (Fsp3) is 0.429. The number of amides is 1. The molecule has 1 amide bonds. The van der Waals surface area contributed by atoms with Crippen LogP contribution in [0.3, 0.4) is 0 Å². The third-order valence-electron chi connectivity index (χ3n) is 3.62. The number of nitrogens with zero attached hydrogens (tertiary/aromatic N) is 1. The summed E-state index contributed by atoms with van der Waals surface area (Å²) in [7, 11) is 1.68. The second kappa shape index (κ2) is 5.40. The first-order valence-electron chi connectivity index (χ1n) is 6.37. The number of carbonyl (C=O) groups excluding carboxylic acids is 1. The molecule has 5 heteroatoms. The van der Waals surface area contributed by atoms with Crippen molar-refractivity contribution in [3.63, 3.8) is 0 Å². The van der Waals surface area contributed by atoms with Gasteiger partial charge < -0.3 is 15.3 Å². The maximum Gasteiger partial charge on any atom is 0.334 e. The third kappa shape index (κ3) is 2.21. The molecule has 2 rings (SSSR count). The van der Waals surface area contributed by atoms with Crippen molar-refractivity contribution in [1.82, 2.24) is 10.2 Å². The topological polar surface area (TPSA) is 69.6 Å². The van der Waals surface area contributed by atoms with Gasteiger partial charge in [0.2, 0.25) is 5.91 Å². The fourth-order valence-electron chi connectivity index (χ4n) is 2.76. The number of likely N-dealkylation sites (N-methyl/N-ethyl adjacent to an activating group) is 1. The van der Waals surface area contributed by atoms with Crippen LogP contribution in [0.25, 0.3) is 0 Å². The van der Waals surface area contributed by atoms with E-state index in [9.17, 15) is 14.7 Å². The van der Waals surface area contributed by atoms with Gasteiger partial charge in [0.25, 0.3) is 0 Å². The van der Waals surface area contributed by atoms with E-state index in [0.717, 1.165) is 0 Å². The zero-order valence-electron chi connectivity index (χ0n) is 10.9. The van der Waals surface area contributed by atoms with Crippen molar-refractivity contribution in [2.75, 3.05) is 20.1 Å². The van der Waals surface area contributed by atoms with Gasteiger partial charge in [0, 0.05) is 6.54 Å². The zero-order chi connectivity index (χ0) is 13.9. The maximum atomic E-state index is 12.1. The van der Waals surface area contributed by atoms with Crippen molar-refractivity contribution in [1.29, 1.82) is 0 Å². The number of carboxylic acids is 1. The molecule has 1 aliphatic rings. The normalized spacial score (nSPS) is 22.5. The summed E-state index contributed by atoms with van der Waals surface area (Å²) in [4.78, 5) is 25.5. The average molecular weight is 262 g/mol. The monoisotopic (exact) mass is 262 g/mol. The lowest BCUT2D eigenvalue weighted by Gasteiger charge is -2.35. The number of carbonyl (C=O) groups is 2. The molecule has 5 nitrogen and oxygen atoms in total. The molecular formula is C14H18N2O3. The van der Waals surface area contributed by atoms with Crippen LogP contribution < -0.4 is 5.32 Å². The largest absolute Gasteiger partial charge is 0.479 e. The highest BCUT2D eigenvalue weighted by atomic mass is 16.4. The lowest BCUT2D eigenvalue weighted by atomic mass is 9.87. The molecule has 1 atom stereocenters. The highest BCUT2D eigenvalue weighted by molar-refractivity contribution is 5.89. The number of hydrogen-bond donors (Lipinski definition) is 2. The molecule has 0 bridgehead atoms. The molecule has 1 saturated heterocycles. The zero-order valence-corrected chi connectivity index (χ0v) is 10.9. The van der Waals surface area contributed by atoms with E-state index in [1.807, 2.05) is 6.07 Å². The second-order valence-electron chi connectivity index (χ2n) is 4.71. The Morgan fingerprint density at radius 2 is 2.05 bits per heavy atom. The van der Waals surface area contributed by atoms with Gasteiger partial charge in [-0.3, -0.25) is 4.79 Å². The maximum absolute atomic E-state index is 12.1. The van der Waals surface area contributed by atoms with Crippen LogP contribution in [0.1, 0.15) is 18.4 Å². The predicted molar refractivity (Wildman–Crippen MR) is 70.6 cm³/mol. The van der Waals surface area contributed by atoms with E-state index in [1.165, 1.54) is 4.90 Å². The van der Waals surface area contributed by atoms with Gasteiger partial charge in [-0.2, -0.15) is 0 Å². The van der Waals surface area contributed by atoms with E-state index >= 15 is 0 Å². The number of hydrogen-bond acceptors (Lipinski definition) is 3. The van der Waals surface area contributed by atoms with Crippen LogP contribution >= 0.6 is 0 Å². The van der Waals surface area contributed by atoms with Gasteiger partial charge in [0.05, 0.1) is 6.54 Å². The quantitative estimate of drug-likeness (QED) is 0.842. The van der Waals surface area contributed by atoms with E-state index in [4.69, 9.17) is 0 Å². The van der Waals surface area contributed by atoms with Crippen LogP contribution in [-0.4, -0.2) is 42.0 Å². The summed E-state index contributed by atoms with van der Waals surface area (Å²) in [6.07, 6.45) is 1.17. The van der Waals surface area contributed by atoms with Gasteiger partial charge in [0.15, 0.2) is 5.54 Å². The summed E-state index contributed by atoms with van der Waals surface area (Å²) in [5.74, 6) is -1.13. The third-order valence-corrected chi connectivity index (χ3v) is 3.62. The van der Waals surface area contributed by atoms with Crippen LogP contribution in [0.5, 0.6) is 0 Å². The number of benzene rings is 1. The van der Waals surface area contributed by atoms with Crippen molar-refractivity contribution in [3.05, 3.63) is 35.9 Å². The Balaban J connectivity index is 2.44. The van der Waals surface area contributed by atoms with Gasteiger partial charge in [0.1, 0.15) is 0 Å². The Bertz CT molecular complexity index is 475. The molecule has 0 spiro atoms. The molecule has 1 aromatic rings. The summed E-state index contributed by atoms with van der Waals surface area (Å²) >= 11 is 0. The number of rotatable bonds is 4. The van der Waals surface area contributed by atoms with Crippen LogP contribution in [0.4, 0.5) is 0 Å². The summed E-state index contributed by atoms with van der Waals surface area (Å²) in [5, 5.41) is 12.5. The molecule has 1 fully saturated rings. The molecule has 102 valence electrons. The van der Waals surface area contributed by atoms with Crippen LogP contribution in [-0.2, 0) is 15.1 Å². The molecule has 19 heavy (non-hydrogen) atoms. The molecule has 1 aromatic carbocycles. The van der Waals surface area contributed by atoms with Gasteiger partial charge in [-0.25, -0.2) is 4.79 Å². The van der Waals surface area contributed by atoms with E-state index in [2.05, 4.69) is 5.32 Å². The molecule has 1 heterocycles. The lowest BCUT2D eigenvalue weighted by molar-refractivity contribution is -0.157. The van der Waals surface area contributed by atoms with Crippen LogP contribution in [0.15, 0.2) is 30.3 Å². The Hall–Kier alpha value is -1.88. The van der Waals surface area contributed by atoms with Gasteiger partial charge >= 0.3 is 5.97 Å². The number of aliphatic carboxylic acids is 1. The highest BCUT2D eigenvalue weighted by Crippen LogP contribution is 2.39. The SMILES string of the molecule is CNCC(=O)N1CCC[C@]1(C(=O)O)c1ccccc1. The minimum atomic E-state index is -1.21. The van der Waals surface area contributed by atoms with E-state index in [0.29, 0.717) is 24.9 Å². The fourth-order valence-corrected chi connectivity index (χ4v) is 2.76. The van der Waals surface area contributed by atoms with E-state index in [-0.39, 0.29) is 12.5 Å². The van der Waals surface area contributed by atoms with Gasteiger partial charge in [-0.1, -0.05) is 30.3 Å². The molecule has 0 radical (unpaired) electrons. The molecule has 2 N–H and O–H groups in total. The van der Waals surface area contributed by atoms with E-state index in [1.54, 1.807) is 31.3 Å². The molecule has 0 aliphatic carbocycles. The lowest BCUT2D eigenvalue weighted by Crippen LogP contribution is -2.52. The summed E-state index contributed by atoms with van der Waals surface area (Å²) in [6, 6.07) is 9.00. The molecule has 1 aliphatic heterocycles. The van der Waals surface area contributed by atoms with Crippen molar-refractivity contribution in [2.24, 2.45) is 0 Å². The van der Waals surface area contributed by atoms with Crippen LogP contribution in [0.2, 0.25) is 0 Å². The molecule has 0 aromatic heterocycles. The first-order valence-corrected chi connectivity index (χ1v) is 6.37. The predicted octanol–water partition coefficient (Wildman–Crippen LogP) is 0.808. The molecule has 0 saturated carbocycles. The van der Waals surface area contributed by atoms with E-state index < -0.39 is 11.5 Å². The summed E-state index contributed by atoms with van der Waals surface area (Å²) in [6.45, 7) is 0.642. The summed E-state index contributed by atoms with van der Waals surface area (Å²) < 4.78 is 0. The standard InChI is InChI=1S/C14H18N2O3/c1-15-10-12(17)16-9-5-8-14(16,13(18)19)11-6-3-2-4-7-11/h2-4,6-7,15H,5,8-10H2,1H3,(H,18,19)/t14-/m1/s1. The van der Waals surface area contributed by atoms with Crippen LogP contribution in [0, 0.1) is 0 Å². The van der Waals surface area contributed by atoms with Crippen molar-refractivity contribution < 1.29 is 14.7 Å². The number of likely N-dealkylation sites (tertiary alicyclic amines) is 1. The minimum absolute atomic E-state index is 0.155. The number of nitrogens with one attached hydrogen (secondary N) is 1. The Morgan fingerprint density at radius 1 is 1.37 bits per heavy atom. The molecule has 0 unspecified atom stereocenters. The van der Waals surface area contributed by atoms with Crippen molar-refractivity contribution in [2.45, 2.75) is 18.4 Å². The molecular weight excluding hydrogens is 244 g/mol. The Labute approximate surface area is 112 Å². The number of carboxylic acid groups (broad SMARTS) is 1. The van der Waals surface area contributed by atoms with Crippen molar-refractivity contribution in [3.8, 4) is 0 Å².